The number of carbonyl (C=O) groups is 2. The van der Waals surface area contributed by atoms with Crippen LogP contribution in [0.5, 0.6) is 0 Å². The number of nitrogens with one attached hydrogen (secondary N) is 2. The van der Waals surface area contributed by atoms with E-state index in [1.54, 1.807) is 18.2 Å². The summed E-state index contributed by atoms with van der Waals surface area (Å²) in [6, 6.07) is 6.67. The van der Waals surface area contributed by atoms with Crippen LogP contribution in [0.15, 0.2) is 35.2 Å². The van der Waals surface area contributed by atoms with Crippen molar-refractivity contribution in [2.24, 2.45) is 0 Å². The molecule has 2 amide bonds. The Hall–Kier alpha value is -1.27. The van der Waals surface area contributed by atoms with Gasteiger partial charge in [0.1, 0.15) is 0 Å². The van der Waals surface area contributed by atoms with E-state index in [1.165, 1.54) is 12.1 Å². The van der Waals surface area contributed by atoms with Crippen LogP contribution < -0.4 is 10.6 Å². The molecule has 1 aromatic carbocycles. The molecule has 9 heteroatoms. The monoisotopic (exact) mass is 470 g/mol. The minimum absolute atomic E-state index is 0.0963. The average Bonchev–Trinajstić information content (AvgIpc) is 2.43. The molecule has 0 unspecified atom stereocenters. The average molecular weight is 469 g/mol. The minimum atomic E-state index is -3.73. The van der Waals surface area contributed by atoms with Crippen molar-refractivity contribution in [3.8, 4) is 0 Å². The van der Waals surface area contributed by atoms with E-state index in [-0.39, 0.29) is 11.5 Å². The molecule has 1 saturated heterocycles. The zero-order valence-corrected chi connectivity index (χ0v) is 13.6. The van der Waals surface area contributed by atoms with E-state index in [2.05, 4.69) is 14.1 Å². The van der Waals surface area contributed by atoms with Gasteiger partial charge in [0.2, 0.25) is 0 Å². The molecule has 0 spiro atoms. The normalized spacial score (nSPS) is 21.8. The van der Waals surface area contributed by atoms with Crippen molar-refractivity contribution in [3.63, 3.8) is 0 Å². The van der Waals surface area contributed by atoms with Gasteiger partial charge in [-0.05, 0) is 0 Å². The van der Waals surface area contributed by atoms with Crippen LogP contribution in [0.2, 0.25) is 0 Å². The first kappa shape index (κ1) is 15.1. The zero-order chi connectivity index (χ0) is 14.8. The Morgan fingerprint density at radius 1 is 1.35 bits per heavy atom. The van der Waals surface area contributed by atoms with Gasteiger partial charge in [0, 0.05) is 0 Å². The number of carbonyl (C=O) groups excluding carboxylic acids is 2. The fourth-order valence-electron chi connectivity index (χ4n) is 1.77. The molecule has 0 aliphatic carbocycles. The van der Waals surface area contributed by atoms with Crippen molar-refractivity contribution < 1.29 is 41.0 Å². The molecule has 108 valence electrons. The van der Waals surface area contributed by atoms with E-state index < -0.39 is 33.1 Å². The summed E-state index contributed by atoms with van der Waals surface area (Å²) >= 11 is 0.954. The number of sulfone groups is 1. The van der Waals surface area contributed by atoms with Crippen LogP contribution >= 0.6 is 0 Å². The van der Waals surface area contributed by atoms with Crippen molar-refractivity contribution in [3.05, 3.63) is 30.3 Å². The third kappa shape index (κ3) is 2.91. The summed E-state index contributed by atoms with van der Waals surface area (Å²) in [7, 11) is -3.73. The predicted octanol–water partition coefficient (Wildman–Crippen LogP) is -1.12. The summed E-state index contributed by atoms with van der Waals surface area (Å²) in [5.41, 5.74) is 0. The molecule has 1 aromatic rings. The van der Waals surface area contributed by atoms with Crippen LogP contribution in [-0.4, -0.2) is 38.3 Å². The molecule has 1 aliphatic heterocycles. The SMILES string of the molecule is O=C(C[O][Re])N[C@@H]1C(=O)N[C@H]1S(=O)(=O)c1ccccc1. The number of hydrogen-bond donors (Lipinski definition) is 2. The molecule has 20 heavy (non-hydrogen) atoms. The van der Waals surface area contributed by atoms with Crippen LogP contribution in [0.3, 0.4) is 0 Å². The van der Waals surface area contributed by atoms with Gasteiger partial charge < -0.3 is 0 Å². The van der Waals surface area contributed by atoms with Crippen LogP contribution in [0.25, 0.3) is 0 Å². The molecule has 7 nitrogen and oxygen atoms in total. The van der Waals surface area contributed by atoms with Gasteiger partial charge >= 0.3 is 127 Å². The second-order valence-corrected chi connectivity index (χ2v) is 6.94. The molecule has 2 atom stereocenters. The van der Waals surface area contributed by atoms with Gasteiger partial charge in [-0.3, -0.25) is 0 Å². The first-order chi connectivity index (χ1) is 9.46. The van der Waals surface area contributed by atoms with E-state index in [4.69, 9.17) is 0 Å². The Balaban J connectivity index is 2.17. The van der Waals surface area contributed by atoms with E-state index >= 15 is 0 Å². The van der Waals surface area contributed by atoms with E-state index in [9.17, 15) is 18.0 Å². The van der Waals surface area contributed by atoms with E-state index in [0.717, 1.165) is 19.6 Å². The molecule has 0 bridgehead atoms. The third-order valence-electron chi connectivity index (χ3n) is 2.78. The molecule has 2 rings (SSSR count). The maximum absolute atomic E-state index is 12.3. The van der Waals surface area contributed by atoms with Crippen molar-refractivity contribution in [1.82, 2.24) is 10.6 Å². The van der Waals surface area contributed by atoms with Gasteiger partial charge in [0.15, 0.2) is 0 Å². The zero-order valence-electron chi connectivity index (χ0n) is 10.1. The van der Waals surface area contributed by atoms with Gasteiger partial charge in [-0.15, -0.1) is 0 Å². The molecule has 0 aromatic heterocycles. The predicted molar refractivity (Wildman–Crippen MR) is 63.4 cm³/mol. The van der Waals surface area contributed by atoms with Gasteiger partial charge in [-0.25, -0.2) is 0 Å². The molecule has 0 radical (unpaired) electrons. The first-order valence-electron chi connectivity index (χ1n) is 5.59. The Morgan fingerprint density at radius 2 is 2.00 bits per heavy atom. The van der Waals surface area contributed by atoms with E-state index in [0.29, 0.717) is 0 Å². The standard InChI is InChI=1S/C11H11N2O5S.Re/c14-6-8(15)12-9-10(16)13-11(9)19(17,18)7-4-2-1-3-5-7;/h1-5,9,11H,6H2,(H,12,15)(H,13,16);/q-1;+1/t9-,11+;/m1./s1. The van der Waals surface area contributed by atoms with Gasteiger partial charge in [-0.1, -0.05) is 0 Å². The fraction of sp³-hybridized carbons (Fsp3) is 0.273. The molecular formula is C11H11N2O5ReS. The summed E-state index contributed by atoms with van der Waals surface area (Å²) in [6.07, 6.45) is 0. The van der Waals surface area contributed by atoms with Gasteiger partial charge in [-0.2, -0.15) is 0 Å². The summed E-state index contributed by atoms with van der Waals surface area (Å²) in [4.78, 5) is 22.9. The Labute approximate surface area is 126 Å². The molecular weight excluding hydrogens is 458 g/mol. The first-order valence-corrected chi connectivity index (χ1v) is 8.24. The van der Waals surface area contributed by atoms with Crippen LogP contribution in [0.4, 0.5) is 0 Å². The topological polar surface area (TPSA) is 102 Å². The molecule has 1 heterocycles. The maximum atomic E-state index is 12.3. The molecule has 0 saturated carbocycles. The summed E-state index contributed by atoms with van der Waals surface area (Å²) in [5.74, 6) is -1.05. The molecule has 2 N–H and O–H groups in total. The fourth-order valence-corrected chi connectivity index (χ4v) is 3.78. The van der Waals surface area contributed by atoms with Crippen molar-refractivity contribution >= 4 is 21.7 Å². The van der Waals surface area contributed by atoms with Crippen molar-refractivity contribution in [2.45, 2.75) is 16.3 Å². The van der Waals surface area contributed by atoms with Crippen LogP contribution in [0, 0.1) is 0 Å². The Bertz CT molecular complexity index is 619. The van der Waals surface area contributed by atoms with Crippen LogP contribution in [0.1, 0.15) is 0 Å². The second kappa shape index (κ2) is 6.01. The summed E-state index contributed by atoms with van der Waals surface area (Å²) < 4.78 is 29.3. The van der Waals surface area contributed by atoms with E-state index in [1.807, 2.05) is 0 Å². The van der Waals surface area contributed by atoms with Crippen LogP contribution in [-0.2, 0) is 42.5 Å². The van der Waals surface area contributed by atoms with Crippen molar-refractivity contribution in [2.75, 3.05) is 6.61 Å². The molecule has 1 fully saturated rings. The Morgan fingerprint density at radius 3 is 2.55 bits per heavy atom. The molecule has 1 aliphatic rings. The van der Waals surface area contributed by atoms with Gasteiger partial charge in [0.25, 0.3) is 0 Å². The number of amides is 2. The summed E-state index contributed by atoms with van der Waals surface area (Å²) in [6.45, 7) is -0.210. The number of rotatable bonds is 5. The summed E-state index contributed by atoms with van der Waals surface area (Å²) in [5, 5.41) is 3.50. The number of benzene rings is 1. The van der Waals surface area contributed by atoms with Crippen molar-refractivity contribution in [1.29, 1.82) is 0 Å². The Kier molecular flexibility index (Phi) is 4.55. The quantitative estimate of drug-likeness (QED) is 0.532. The number of β-lactam (4-membered cyclic amide) rings is 1. The second-order valence-electron chi connectivity index (χ2n) is 4.09. The number of hydrogen-bond acceptors (Lipinski definition) is 5. The van der Waals surface area contributed by atoms with Gasteiger partial charge in [0.05, 0.1) is 0 Å². The third-order valence-corrected chi connectivity index (χ3v) is 5.16.